The van der Waals surface area contributed by atoms with Crippen molar-refractivity contribution in [2.45, 2.75) is 25.3 Å². The van der Waals surface area contributed by atoms with Gasteiger partial charge in [-0.25, -0.2) is 9.37 Å². The van der Waals surface area contributed by atoms with E-state index in [0.717, 1.165) is 32.4 Å². The first-order valence-corrected chi connectivity index (χ1v) is 8.83. The molecule has 1 saturated carbocycles. The fourth-order valence-corrected chi connectivity index (χ4v) is 4.08. The van der Waals surface area contributed by atoms with Crippen LogP contribution in [0.3, 0.4) is 0 Å². The number of imidazole rings is 1. The smallest absolute Gasteiger partial charge is 0.224 e. The summed E-state index contributed by atoms with van der Waals surface area (Å²) >= 11 is 0. The van der Waals surface area contributed by atoms with E-state index in [1.807, 2.05) is 23.9 Å². The van der Waals surface area contributed by atoms with E-state index in [-0.39, 0.29) is 23.1 Å². The van der Waals surface area contributed by atoms with E-state index in [2.05, 4.69) is 15.6 Å². The second-order valence-electron chi connectivity index (χ2n) is 7.26. The lowest BCUT2D eigenvalue weighted by Gasteiger charge is -2.24. The van der Waals surface area contributed by atoms with Crippen LogP contribution in [0.4, 0.5) is 4.39 Å². The highest BCUT2D eigenvalue weighted by molar-refractivity contribution is 5.83. The number of hydrogen-bond donors (Lipinski definition) is 2. The number of aromatic nitrogens is 2. The highest BCUT2D eigenvalue weighted by Gasteiger charge is 2.57. The Morgan fingerprint density at radius 1 is 1.44 bits per heavy atom. The van der Waals surface area contributed by atoms with Crippen molar-refractivity contribution in [1.29, 1.82) is 0 Å². The first-order valence-electron chi connectivity index (χ1n) is 8.83. The standard InChI is InChI=1S/C19H23FN4O/c1-24-10-9-22-17(24)16(13-3-2-4-14(20)11-13)23-18(25)15-12-19(15)5-7-21-8-6-19/h2-4,9-11,15-16,21H,5-8,12H2,1H3,(H,23,25). The molecular weight excluding hydrogens is 319 g/mol. The average molecular weight is 342 g/mol. The predicted octanol–water partition coefficient (Wildman–Crippen LogP) is 2.15. The molecule has 1 aliphatic carbocycles. The largest absolute Gasteiger partial charge is 0.342 e. The molecular formula is C19H23FN4O. The number of benzene rings is 1. The molecule has 0 bridgehead atoms. The van der Waals surface area contributed by atoms with Crippen molar-refractivity contribution in [2.24, 2.45) is 18.4 Å². The molecule has 2 heterocycles. The number of rotatable bonds is 4. The lowest BCUT2D eigenvalue weighted by molar-refractivity contribution is -0.123. The van der Waals surface area contributed by atoms with Crippen molar-refractivity contribution in [3.05, 3.63) is 53.9 Å². The number of nitrogens with zero attached hydrogens (tertiary/aromatic N) is 2. The van der Waals surface area contributed by atoms with Gasteiger partial charge in [0.2, 0.25) is 5.91 Å². The molecule has 5 nitrogen and oxygen atoms in total. The van der Waals surface area contributed by atoms with Crippen LogP contribution >= 0.6 is 0 Å². The summed E-state index contributed by atoms with van der Waals surface area (Å²) in [6.07, 6.45) is 6.59. The summed E-state index contributed by atoms with van der Waals surface area (Å²) in [6, 6.07) is 5.93. The molecule has 1 aromatic carbocycles. The Morgan fingerprint density at radius 2 is 2.24 bits per heavy atom. The molecule has 2 fully saturated rings. The maximum atomic E-state index is 13.7. The Morgan fingerprint density at radius 3 is 2.92 bits per heavy atom. The van der Waals surface area contributed by atoms with Crippen molar-refractivity contribution in [3.63, 3.8) is 0 Å². The molecule has 6 heteroatoms. The third-order valence-electron chi connectivity index (χ3n) is 5.69. The zero-order chi connectivity index (χ0) is 17.4. The summed E-state index contributed by atoms with van der Waals surface area (Å²) < 4.78 is 15.6. The fourth-order valence-electron chi connectivity index (χ4n) is 4.08. The summed E-state index contributed by atoms with van der Waals surface area (Å²) in [4.78, 5) is 17.3. The number of halogens is 1. The molecule has 4 rings (SSSR count). The first kappa shape index (κ1) is 16.3. The molecule has 1 spiro atoms. The van der Waals surface area contributed by atoms with Gasteiger partial charge in [0, 0.05) is 25.4 Å². The summed E-state index contributed by atoms with van der Waals surface area (Å²) in [5.74, 6) is 0.510. The molecule has 1 aliphatic heterocycles. The maximum absolute atomic E-state index is 13.7. The number of carbonyl (C=O) groups is 1. The van der Waals surface area contributed by atoms with Crippen molar-refractivity contribution in [1.82, 2.24) is 20.2 Å². The third kappa shape index (κ3) is 3.06. The number of nitrogens with one attached hydrogen (secondary N) is 2. The van der Waals surface area contributed by atoms with Crippen molar-refractivity contribution in [2.75, 3.05) is 13.1 Å². The zero-order valence-electron chi connectivity index (χ0n) is 14.3. The number of aryl methyl sites for hydroxylation is 1. The average Bonchev–Trinajstić information content (AvgIpc) is 3.12. The minimum atomic E-state index is -0.442. The molecule has 132 valence electrons. The fraction of sp³-hybridized carbons (Fsp3) is 0.474. The quantitative estimate of drug-likeness (QED) is 0.895. The predicted molar refractivity (Wildman–Crippen MR) is 92.2 cm³/mol. The lowest BCUT2D eigenvalue weighted by Crippen LogP contribution is -2.36. The summed E-state index contributed by atoms with van der Waals surface area (Å²) in [5, 5.41) is 6.48. The Balaban J connectivity index is 1.57. The van der Waals surface area contributed by atoms with Gasteiger partial charge in [0.25, 0.3) is 0 Å². The molecule has 0 radical (unpaired) electrons. The van der Waals surface area contributed by atoms with Gasteiger partial charge in [0.05, 0.1) is 0 Å². The van der Waals surface area contributed by atoms with Crippen LogP contribution < -0.4 is 10.6 Å². The van der Waals surface area contributed by atoms with Gasteiger partial charge in [-0.1, -0.05) is 12.1 Å². The van der Waals surface area contributed by atoms with Crippen LogP contribution in [0.15, 0.2) is 36.7 Å². The van der Waals surface area contributed by atoms with Gasteiger partial charge >= 0.3 is 0 Å². The van der Waals surface area contributed by atoms with Crippen molar-refractivity contribution in [3.8, 4) is 0 Å². The van der Waals surface area contributed by atoms with Gasteiger partial charge in [-0.15, -0.1) is 0 Å². The summed E-state index contributed by atoms with van der Waals surface area (Å²) in [7, 11) is 1.88. The van der Waals surface area contributed by atoms with E-state index in [9.17, 15) is 9.18 Å². The van der Waals surface area contributed by atoms with Crippen LogP contribution in [0.5, 0.6) is 0 Å². The van der Waals surface area contributed by atoms with E-state index in [0.29, 0.717) is 11.4 Å². The van der Waals surface area contributed by atoms with E-state index in [1.54, 1.807) is 12.3 Å². The second kappa shape index (κ2) is 6.26. The van der Waals surface area contributed by atoms with E-state index >= 15 is 0 Å². The highest BCUT2D eigenvalue weighted by atomic mass is 19.1. The van der Waals surface area contributed by atoms with Crippen molar-refractivity contribution >= 4 is 5.91 Å². The van der Waals surface area contributed by atoms with Gasteiger partial charge in [0.1, 0.15) is 17.7 Å². The topological polar surface area (TPSA) is 59.0 Å². The number of amides is 1. The normalized spacial score (nSPS) is 22.6. The Bertz CT molecular complexity index is 781. The second-order valence-corrected chi connectivity index (χ2v) is 7.26. The first-order chi connectivity index (χ1) is 12.1. The van der Waals surface area contributed by atoms with Gasteiger partial charge in [-0.3, -0.25) is 4.79 Å². The molecule has 25 heavy (non-hydrogen) atoms. The number of piperidine rings is 1. The van der Waals surface area contributed by atoms with E-state index in [1.165, 1.54) is 12.1 Å². The Hall–Kier alpha value is -2.21. The minimum absolute atomic E-state index is 0.0548. The van der Waals surface area contributed by atoms with Crippen LogP contribution in [0.25, 0.3) is 0 Å². The van der Waals surface area contributed by atoms with Crippen LogP contribution in [0.1, 0.15) is 36.7 Å². The van der Waals surface area contributed by atoms with E-state index < -0.39 is 6.04 Å². The SMILES string of the molecule is Cn1ccnc1C(NC(=O)C1CC12CCNCC2)c1cccc(F)c1. The maximum Gasteiger partial charge on any atom is 0.224 e. The van der Waals surface area contributed by atoms with Crippen molar-refractivity contribution < 1.29 is 9.18 Å². The summed E-state index contributed by atoms with van der Waals surface area (Å²) in [6.45, 7) is 1.97. The number of hydrogen-bond acceptors (Lipinski definition) is 3. The molecule has 2 aromatic rings. The monoisotopic (exact) mass is 342 g/mol. The molecule has 1 amide bonds. The summed E-state index contributed by atoms with van der Waals surface area (Å²) in [5.41, 5.74) is 0.881. The van der Waals surface area contributed by atoms with Gasteiger partial charge < -0.3 is 15.2 Å². The molecule has 1 saturated heterocycles. The van der Waals surface area contributed by atoms with E-state index in [4.69, 9.17) is 0 Å². The molecule has 2 atom stereocenters. The van der Waals surface area contributed by atoms with Crippen LogP contribution in [0, 0.1) is 17.2 Å². The Kier molecular flexibility index (Phi) is 4.07. The molecule has 1 aromatic heterocycles. The van der Waals surface area contributed by atoms with Gasteiger partial charge in [-0.2, -0.15) is 0 Å². The van der Waals surface area contributed by atoms with Crippen LogP contribution in [-0.4, -0.2) is 28.5 Å². The zero-order valence-corrected chi connectivity index (χ0v) is 14.3. The molecule has 2 N–H and O–H groups in total. The number of carbonyl (C=O) groups excluding carboxylic acids is 1. The van der Waals surface area contributed by atoms with Crippen LogP contribution in [0.2, 0.25) is 0 Å². The van der Waals surface area contributed by atoms with Gasteiger partial charge in [-0.05, 0) is 55.5 Å². The molecule has 2 aliphatic rings. The molecule has 2 unspecified atom stereocenters. The van der Waals surface area contributed by atoms with Gasteiger partial charge in [0.15, 0.2) is 0 Å². The van der Waals surface area contributed by atoms with Crippen LogP contribution in [-0.2, 0) is 11.8 Å². The Labute approximate surface area is 146 Å². The minimum Gasteiger partial charge on any atom is -0.342 e. The third-order valence-corrected chi connectivity index (χ3v) is 5.69. The highest BCUT2D eigenvalue weighted by Crippen LogP contribution is 2.58. The lowest BCUT2D eigenvalue weighted by atomic mass is 9.91.